The lowest BCUT2D eigenvalue weighted by atomic mass is 10.1. The van der Waals surface area contributed by atoms with Gasteiger partial charge < -0.3 is 9.67 Å². The van der Waals surface area contributed by atoms with E-state index in [2.05, 4.69) is 10.2 Å². The number of H-pyrrole nitrogens is 1. The van der Waals surface area contributed by atoms with Crippen molar-refractivity contribution in [2.75, 3.05) is 0 Å². The molecule has 122 valence electrons. The molecule has 0 fully saturated rings. The van der Waals surface area contributed by atoms with Crippen molar-refractivity contribution in [3.8, 4) is 28.2 Å². The number of hydrogen-bond donors (Lipinski definition) is 2. The van der Waals surface area contributed by atoms with E-state index < -0.39 is 5.97 Å². The summed E-state index contributed by atoms with van der Waals surface area (Å²) in [6.07, 6.45) is 4.00. The second-order valence-corrected chi connectivity index (χ2v) is 5.69. The number of carboxylic acid groups (broad SMARTS) is 1. The third kappa shape index (κ3) is 2.95. The van der Waals surface area contributed by atoms with Gasteiger partial charge in [0.15, 0.2) is 0 Å². The number of aromatic carboxylic acids is 1. The molecule has 25 heavy (non-hydrogen) atoms. The molecule has 0 spiro atoms. The van der Waals surface area contributed by atoms with E-state index in [9.17, 15) is 4.79 Å². The lowest BCUT2D eigenvalue weighted by Crippen LogP contribution is -1.95. The zero-order chi connectivity index (χ0) is 17.2. The monoisotopic (exact) mass is 329 g/mol. The van der Waals surface area contributed by atoms with Crippen molar-refractivity contribution >= 4 is 5.97 Å². The van der Waals surface area contributed by atoms with Crippen LogP contribution in [0.2, 0.25) is 0 Å². The van der Waals surface area contributed by atoms with Gasteiger partial charge in [0.2, 0.25) is 0 Å². The van der Waals surface area contributed by atoms with Crippen LogP contribution in [0.3, 0.4) is 0 Å². The molecule has 0 amide bonds. The number of nitrogens with zero attached hydrogens (tertiary/aromatic N) is 2. The number of rotatable bonds is 4. The molecular weight excluding hydrogens is 314 g/mol. The minimum absolute atomic E-state index is 0.248. The van der Waals surface area contributed by atoms with Crippen molar-refractivity contribution < 1.29 is 9.90 Å². The second-order valence-electron chi connectivity index (χ2n) is 5.69. The smallest absolute Gasteiger partial charge is 0.335 e. The highest BCUT2D eigenvalue weighted by molar-refractivity contribution is 5.89. The van der Waals surface area contributed by atoms with E-state index in [1.807, 2.05) is 65.5 Å². The second kappa shape index (κ2) is 6.13. The van der Waals surface area contributed by atoms with E-state index in [0.717, 1.165) is 22.5 Å². The summed E-state index contributed by atoms with van der Waals surface area (Å²) in [6.45, 7) is 0. The van der Waals surface area contributed by atoms with Crippen LogP contribution in [0.25, 0.3) is 28.2 Å². The maximum absolute atomic E-state index is 11.1. The summed E-state index contributed by atoms with van der Waals surface area (Å²) in [5.41, 5.74) is 4.72. The van der Waals surface area contributed by atoms with Crippen LogP contribution in [0.15, 0.2) is 79.1 Å². The molecule has 0 saturated carbocycles. The topological polar surface area (TPSA) is 70.9 Å². The Morgan fingerprint density at radius 1 is 0.920 bits per heavy atom. The summed E-state index contributed by atoms with van der Waals surface area (Å²) in [5, 5.41) is 16.4. The van der Waals surface area contributed by atoms with Crippen molar-refractivity contribution in [2.24, 2.45) is 0 Å². The Balaban J connectivity index is 1.63. The largest absolute Gasteiger partial charge is 0.478 e. The standard InChI is InChI=1S/C20H15N3O2/c24-20(25)16-5-3-4-15(12-16)19-13-18(21-22-19)14-6-8-17(9-7-14)23-10-1-2-11-23/h1-13H,(H,21,22)(H,24,25). The SMILES string of the molecule is O=C(O)c1cccc(-c2cc(-c3ccc(-n4cccc4)cc3)[nH]n2)c1. The molecule has 2 heterocycles. The third-order valence-corrected chi connectivity index (χ3v) is 4.06. The fourth-order valence-corrected chi connectivity index (χ4v) is 2.75. The molecular formula is C20H15N3O2. The van der Waals surface area contributed by atoms with E-state index in [-0.39, 0.29) is 5.56 Å². The van der Waals surface area contributed by atoms with Gasteiger partial charge in [-0.3, -0.25) is 5.10 Å². The maximum Gasteiger partial charge on any atom is 0.335 e. The number of hydrogen-bond acceptors (Lipinski definition) is 2. The molecule has 5 heteroatoms. The minimum atomic E-state index is -0.946. The van der Waals surface area contributed by atoms with Gasteiger partial charge in [0.1, 0.15) is 0 Å². The molecule has 4 aromatic rings. The minimum Gasteiger partial charge on any atom is -0.478 e. The number of carbonyl (C=O) groups is 1. The van der Waals surface area contributed by atoms with Crippen molar-refractivity contribution in [3.05, 3.63) is 84.7 Å². The van der Waals surface area contributed by atoms with Gasteiger partial charge >= 0.3 is 5.97 Å². The van der Waals surface area contributed by atoms with Crippen LogP contribution in [0, 0.1) is 0 Å². The van der Waals surface area contributed by atoms with Crippen LogP contribution in [-0.2, 0) is 0 Å². The highest BCUT2D eigenvalue weighted by Crippen LogP contribution is 2.25. The highest BCUT2D eigenvalue weighted by Gasteiger charge is 2.09. The van der Waals surface area contributed by atoms with Crippen LogP contribution in [0.5, 0.6) is 0 Å². The van der Waals surface area contributed by atoms with Crippen molar-refractivity contribution in [3.63, 3.8) is 0 Å². The lowest BCUT2D eigenvalue weighted by molar-refractivity contribution is 0.0697. The Morgan fingerprint density at radius 2 is 1.68 bits per heavy atom. The molecule has 2 aromatic heterocycles. The number of carboxylic acids is 1. The summed E-state index contributed by atoms with van der Waals surface area (Å²) >= 11 is 0. The molecule has 0 aliphatic rings. The number of aromatic nitrogens is 3. The third-order valence-electron chi connectivity index (χ3n) is 4.06. The first-order valence-corrected chi connectivity index (χ1v) is 7.84. The average molecular weight is 329 g/mol. The van der Waals surface area contributed by atoms with Crippen LogP contribution in [0.1, 0.15) is 10.4 Å². The van der Waals surface area contributed by atoms with E-state index in [0.29, 0.717) is 5.69 Å². The van der Waals surface area contributed by atoms with Crippen LogP contribution >= 0.6 is 0 Å². The molecule has 2 N–H and O–H groups in total. The molecule has 0 atom stereocenters. The van der Waals surface area contributed by atoms with Gasteiger partial charge in [0.25, 0.3) is 0 Å². The lowest BCUT2D eigenvalue weighted by Gasteiger charge is -2.03. The highest BCUT2D eigenvalue weighted by atomic mass is 16.4. The van der Waals surface area contributed by atoms with E-state index in [1.54, 1.807) is 18.2 Å². The van der Waals surface area contributed by atoms with Gasteiger partial charge in [-0.25, -0.2) is 4.79 Å². The molecule has 5 nitrogen and oxygen atoms in total. The summed E-state index contributed by atoms with van der Waals surface area (Å²) in [5.74, 6) is -0.946. The Bertz CT molecular complexity index is 1020. The molecule has 0 aliphatic heterocycles. The normalized spacial score (nSPS) is 10.7. The van der Waals surface area contributed by atoms with E-state index in [1.165, 1.54) is 0 Å². The van der Waals surface area contributed by atoms with Gasteiger partial charge in [0, 0.05) is 23.6 Å². The average Bonchev–Trinajstić information content (AvgIpc) is 3.34. The van der Waals surface area contributed by atoms with E-state index in [4.69, 9.17) is 5.11 Å². The number of aromatic amines is 1. The van der Waals surface area contributed by atoms with Gasteiger partial charge in [-0.05, 0) is 48.0 Å². The van der Waals surface area contributed by atoms with Crippen molar-refractivity contribution in [1.29, 1.82) is 0 Å². The van der Waals surface area contributed by atoms with Gasteiger partial charge in [-0.15, -0.1) is 0 Å². The summed E-state index contributed by atoms with van der Waals surface area (Å²) in [6, 6.07) is 20.8. The predicted octanol–water partition coefficient (Wildman–Crippen LogP) is 4.23. The van der Waals surface area contributed by atoms with Crippen LogP contribution in [-0.4, -0.2) is 25.8 Å². The first-order valence-electron chi connectivity index (χ1n) is 7.84. The van der Waals surface area contributed by atoms with Gasteiger partial charge in [-0.2, -0.15) is 5.10 Å². The quantitative estimate of drug-likeness (QED) is 0.588. The molecule has 0 saturated heterocycles. The van der Waals surface area contributed by atoms with Crippen LogP contribution in [0.4, 0.5) is 0 Å². The van der Waals surface area contributed by atoms with Crippen LogP contribution < -0.4 is 0 Å². The Kier molecular flexibility index (Phi) is 3.67. The molecule has 0 aliphatic carbocycles. The first kappa shape index (κ1) is 15.0. The molecule has 0 radical (unpaired) electrons. The summed E-state index contributed by atoms with van der Waals surface area (Å²) in [7, 11) is 0. The Labute approximate surface area is 144 Å². The molecule has 4 rings (SSSR count). The van der Waals surface area contributed by atoms with Gasteiger partial charge in [-0.1, -0.05) is 24.3 Å². The summed E-state index contributed by atoms with van der Waals surface area (Å²) < 4.78 is 2.04. The van der Waals surface area contributed by atoms with E-state index >= 15 is 0 Å². The van der Waals surface area contributed by atoms with Crippen molar-refractivity contribution in [2.45, 2.75) is 0 Å². The first-order chi connectivity index (χ1) is 12.2. The number of nitrogens with one attached hydrogen (secondary N) is 1. The predicted molar refractivity (Wildman–Crippen MR) is 95.7 cm³/mol. The Morgan fingerprint density at radius 3 is 2.40 bits per heavy atom. The fourth-order valence-electron chi connectivity index (χ4n) is 2.75. The molecule has 0 bridgehead atoms. The van der Waals surface area contributed by atoms with Gasteiger partial charge in [0.05, 0.1) is 17.0 Å². The Hall–Kier alpha value is -3.60. The molecule has 0 unspecified atom stereocenters. The number of benzene rings is 2. The fraction of sp³-hybridized carbons (Fsp3) is 0. The molecule has 2 aromatic carbocycles. The zero-order valence-electron chi connectivity index (χ0n) is 13.3. The maximum atomic E-state index is 11.1. The summed E-state index contributed by atoms with van der Waals surface area (Å²) in [4.78, 5) is 11.1. The zero-order valence-corrected chi connectivity index (χ0v) is 13.3. The van der Waals surface area contributed by atoms with Crippen molar-refractivity contribution in [1.82, 2.24) is 14.8 Å².